The molecule has 0 aliphatic carbocycles. The number of ether oxygens (including phenoxy) is 1. The van der Waals surface area contributed by atoms with E-state index >= 15 is 0 Å². The molecule has 0 atom stereocenters. The normalized spacial score (nSPS) is 11.1. The summed E-state index contributed by atoms with van der Waals surface area (Å²) in [6.45, 7) is 1.66. The van der Waals surface area contributed by atoms with Crippen molar-refractivity contribution in [3.8, 4) is 0 Å². The summed E-state index contributed by atoms with van der Waals surface area (Å²) in [7, 11) is 0. The van der Waals surface area contributed by atoms with E-state index in [0.717, 1.165) is 13.2 Å². The standard InChI is InChI=1S/C29H44O/c1(3-5-7-9-11-15-21-28-22-16-13-17-23-28)2-4-6-8-10-12-20-26-30-27-29-24-18-14-19-25-29/h13-14,16-19,22-25H,1-12,15,20-21,26-27H2. The molecular weight excluding hydrogens is 364 g/mol. The molecule has 0 unspecified atom stereocenters. The smallest absolute Gasteiger partial charge is 0.0716 e. The molecule has 0 aromatic heterocycles. The zero-order chi connectivity index (χ0) is 21.0. The molecule has 2 aromatic carbocycles. The van der Waals surface area contributed by atoms with E-state index in [2.05, 4.69) is 60.7 Å². The van der Waals surface area contributed by atoms with Gasteiger partial charge in [-0.2, -0.15) is 0 Å². The van der Waals surface area contributed by atoms with Gasteiger partial charge in [0.15, 0.2) is 0 Å². The summed E-state index contributed by atoms with van der Waals surface area (Å²) >= 11 is 0. The molecule has 0 radical (unpaired) electrons. The molecule has 1 heteroatoms. The number of benzene rings is 2. The second kappa shape index (κ2) is 18.2. The molecule has 0 saturated carbocycles. The highest BCUT2D eigenvalue weighted by molar-refractivity contribution is 5.14. The molecular formula is C29H44O. The predicted octanol–water partition coefficient (Wildman–Crippen LogP) is 8.91. The Balaban J connectivity index is 1.23. The minimum absolute atomic E-state index is 0.758. The van der Waals surface area contributed by atoms with Gasteiger partial charge in [0.2, 0.25) is 0 Å². The van der Waals surface area contributed by atoms with Crippen molar-refractivity contribution in [2.75, 3.05) is 6.61 Å². The van der Waals surface area contributed by atoms with Gasteiger partial charge in [-0.25, -0.2) is 0 Å². The van der Waals surface area contributed by atoms with Gasteiger partial charge in [0.25, 0.3) is 0 Å². The first kappa shape index (κ1) is 24.7. The molecule has 2 rings (SSSR count). The lowest BCUT2D eigenvalue weighted by Gasteiger charge is -2.05. The molecule has 2 aromatic rings. The second-order valence-electron chi connectivity index (χ2n) is 8.72. The van der Waals surface area contributed by atoms with E-state index < -0.39 is 0 Å². The minimum atomic E-state index is 0.758. The Morgan fingerprint density at radius 2 is 0.800 bits per heavy atom. The van der Waals surface area contributed by atoms with Crippen molar-refractivity contribution in [1.29, 1.82) is 0 Å². The number of aryl methyl sites for hydroxylation is 1. The Kier molecular flexibility index (Phi) is 15.0. The zero-order valence-corrected chi connectivity index (χ0v) is 19.2. The van der Waals surface area contributed by atoms with Crippen LogP contribution in [0.25, 0.3) is 0 Å². The van der Waals surface area contributed by atoms with Gasteiger partial charge < -0.3 is 4.74 Å². The fourth-order valence-corrected chi connectivity index (χ4v) is 4.06. The summed E-state index contributed by atoms with van der Waals surface area (Å²) in [6.07, 6.45) is 20.8. The van der Waals surface area contributed by atoms with E-state index in [4.69, 9.17) is 4.74 Å². The highest BCUT2D eigenvalue weighted by Gasteiger charge is 1.96. The molecule has 0 saturated heterocycles. The summed E-state index contributed by atoms with van der Waals surface area (Å²) in [6, 6.07) is 21.4. The summed E-state index contributed by atoms with van der Waals surface area (Å²) in [5.41, 5.74) is 2.77. The zero-order valence-electron chi connectivity index (χ0n) is 19.2. The van der Waals surface area contributed by atoms with Crippen molar-refractivity contribution in [1.82, 2.24) is 0 Å². The van der Waals surface area contributed by atoms with Crippen LogP contribution in [0.4, 0.5) is 0 Å². The molecule has 0 aliphatic rings. The maximum atomic E-state index is 5.75. The van der Waals surface area contributed by atoms with E-state index in [-0.39, 0.29) is 0 Å². The van der Waals surface area contributed by atoms with Crippen molar-refractivity contribution in [2.24, 2.45) is 0 Å². The first-order valence-electron chi connectivity index (χ1n) is 12.6. The van der Waals surface area contributed by atoms with Crippen LogP contribution < -0.4 is 0 Å². The van der Waals surface area contributed by atoms with Gasteiger partial charge in [-0.3, -0.25) is 0 Å². The average Bonchev–Trinajstić information content (AvgIpc) is 2.79. The molecule has 0 aliphatic heterocycles. The quantitative estimate of drug-likeness (QED) is 0.211. The van der Waals surface area contributed by atoms with Crippen LogP contribution in [-0.4, -0.2) is 6.61 Å². The van der Waals surface area contributed by atoms with Gasteiger partial charge in [0.05, 0.1) is 6.61 Å². The fourth-order valence-electron chi connectivity index (χ4n) is 4.06. The summed E-state index contributed by atoms with van der Waals surface area (Å²) in [5.74, 6) is 0. The first-order valence-corrected chi connectivity index (χ1v) is 12.6. The third-order valence-electron chi connectivity index (χ3n) is 5.96. The fraction of sp³-hybridized carbons (Fsp3) is 0.586. The molecule has 166 valence electrons. The van der Waals surface area contributed by atoms with Crippen molar-refractivity contribution < 1.29 is 4.74 Å². The van der Waals surface area contributed by atoms with Crippen LogP contribution in [0.3, 0.4) is 0 Å². The van der Waals surface area contributed by atoms with Crippen LogP contribution in [0.2, 0.25) is 0 Å². The number of hydrogen-bond donors (Lipinski definition) is 0. The molecule has 0 amide bonds. The van der Waals surface area contributed by atoms with Crippen LogP contribution in [0, 0.1) is 0 Å². The average molecular weight is 409 g/mol. The number of rotatable bonds is 19. The maximum Gasteiger partial charge on any atom is 0.0716 e. The summed E-state index contributed by atoms with van der Waals surface area (Å²) < 4.78 is 5.75. The highest BCUT2D eigenvalue weighted by atomic mass is 16.5. The molecule has 1 nitrogen and oxygen atoms in total. The van der Waals surface area contributed by atoms with E-state index in [9.17, 15) is 0 Å². The third-order valence-corrected chi connectivity index (χ3v) is 5.96. The second-order valence-corrected chi connectivity index (χ2v) is 8.72. The SMILES string of the molecule is c1ccc(CCCCCCCCCCCCCCCCOCc2ccccc2)cc1. The molecule has 0 bridgehead atoms. The Morgan fingerprint density at radius 3 is 1.30 bits per heavy atom. The lowest BCUT2D eigenvalue weighted by atomic mass is 10.0. The van der Waals surface area contributed by atoms with E-state index in [1.807, 2.05) is 0 Å². The predicted molar refractivity (Wildman–Crippen MR) is 131 cm³/mol. The molecule has 0 heterocycles. The van der Waals surface area contributed by atoms with Gasteiger partial charge in [-0.05, 0) is 30.4 Å². The van der Waals surface area contributed by atoms with Crippen LogP contribution in [0.1, 0.15) is 101 Å². The Morgan fingerprint density at radius 1 is 0.400 bits per heavy atom. The lowest BCUT2D eigenvalue weighted by molar-refractivity contribution is 0.116. The molecule has 0 N–H and O–H groups in total. The van der Waals surface area contributed by atoms with Crippen LogP contribution in [0.15, 0.2) is 60.7 Å². The maximum absolute atomic E-state index is 5.75. The van der Waals surface area contributed by atoms with Gasteiger partial charge in [-0.1, -0.05) is 138 Å². The summed E-state index contributed by atoms with van der Waals surface area (Å²) in [4.78, 5) is 0. The largest absolute Gasteiger partial charge is 0.377 e. The topological polar surface area (TPSA) is 9.23 Å². The van der Waals surface area contributed by atoms with Crippen LogP contribution in [-0.2, 0) is 17.8 Å². The van der Waals surface area contributed by atoms with Gasteiger partial charge in [0, 0.05) is 6.61 Å². The van der Waals surface area contributed by atoms with E-state index in [0.29, 0.717) is 0 Å². The Bertz CT molecular complexity index is 537. The highest BCUT2D eigenvalue weighted by Crippen LogP contribution is 2.14. The van der Waals surface area contributed by atoms with Crippen molar-refractivity contribution in [2.45, 2.75) is 103 Å². The Hall–Kier alpha value is -1.60. The molecule has 30 heavy (non-hydrogen) atoms. The summed E-state index contributed by atoms with van der Waals surface area (Å²) in [5, 5.41) is 0. The van der Waals surface area contributed by atoms with Crippen LogP contribution in [0.5, 0.6) is 0 Å². The van der Waals surface area contributed by atoms with Gasteiger partial charge >= 0.3 is 0 Å². The van der Waals surface area contributed by atoms with Crippen LogP contribution >= 0.6 is 0 Å². The molecule has 0 spiro atoms. The van der Waals surface area contributed by atoms with E-state index in [1.54, 1.807) is 0 Å². The molecule has 0 fully saturated rings. The number of hydrogen-bond acceptors (Lipinski definition) is 1. The van der Waals surface area contributed by atoms with Crippen molar-refractivity contribution in [3.05, 3.63) is 71.8 Å². The minimum Gasteiger partial charge on any atom is -0.377 e. The van der Waals surface area contributed by atoms with Crippen molar-refractivity contribution >= 4 is 0 Å². The van der Waals surface area contributed by atoms with Crippen molar-refractivity contribution in [3.63, 3.8) is 0 Å². The number of unbranched alkanes of at least 4 members (excludes halogenated alkanes) is 13. The van der Waals surface area contributed by atoms with E-state index in [1.165, 1.54) is 107 Å². The first-order chi connectivity index (χ1) is 14.9. The Labute approximate surface area is 186 Å². The third kappa shape index (κ3) is 13.6. The monoisotopic (exact) mass is 408 g/mol. The lowest BCUT2D eigenvalue weighted by Crippen LogP contribution is -1.95. The van der Waals surface area contributed by atoms with Gasteiger partial charge in [0.1, 0.15) is 0 Å². The van der Waals surface area contributed by atoms with Gasteiger partial charge in [-0.15, -0.1) is 0 Å².